The number of carboxylic acids is 1. The maximum atomic E-state index is 12.7. The molecule has 0 amide bonds. The van der Waals surface area contributed by atoms with Crippen LogP contribution in [0.3, 0.4) is 0 Å². The highest BCUT2D eigenvalue weighted by Crippen LogP contribution is 2.75. The lowest BCUT2D eigenvalue weighted by Gasteiger charge is -2.71. The minimum absolute atomic E-state index is 0.00965. The third-order valence-corrected chi connectivity index (χ3v) is 12.7. The van der Waals surface area contributed by atoms with Crippen LogP contribution >= 0.6 is 0 Å². The SMILES string of the molecule is CC1CCC2(C(=O)O)CCC3(C)C(=CCC4C5(C)CC(O)C(O)C(C)(C)C5CCC43C)C2C1. The highest BCUT2D eigenvalue weighted by atomic mass is 16.4. The van der Waals surface area contributed by atoms with Gasteiger partial charge in [-0.05, 0) is 103 Å². The summed E-state index contributed by atoms with van der Waals surface area (Å²) in [6, 6.07) is 0. The number of hydrogen-bond donors (Lipinski definition) is 3. The summed E-state index contributed by atoms with van der Waals surface area (Å²) in [5.74, 6) is 1.00. The van der Waals surface area contributed by atoms with Crippen molar-refractivity contribution in [3.63, 3.8) is 0 Å². The minimum Gasteiger partial charge on any atom is -0.481 e. The summed E-state index contributed by atoms with van der Waals surface area (Å²) in [4.78, 5) is 12.7. The molecule has 186 valence electrons. The molecule has 0 saturated heterocycles. The molecule has 0 aromatic carbocycles. The van der Waals surface area contributed by atoms with Gasteiger partial charge in [-0.2, -0.15) is 0 Å². The molecule has 4 saturated carbocycles. The number of hydrogen-bond acceptors (Lipinski definition) is 3. The van der Waals surface area contributed by atoms with Gasteiger partial charge in [0.05, 0.1) is 17.6 Å². The van der Waals surface area contributed by atoms with E-state index in [0.717, 1.165) is 51.4 Å². The maximum absolute atomic E-state index is 12.7. The van der Waals surface area contributed by atoms with E-state index in [9.17, 15) is 20.1 Å². The first-order chi connectivity index (χ1) is 15.2. The molecule has 5 aliphatic rings. The van der Waals surface area contributed by atoms with E-state index in [1.54, 1.807) is 0 Å². The second-order valence-electron chi connectivity index (χ2n) is 14.2. The molecule has 0 aromatic rings. The van der Waals surface area contributed by atoms with E-state index < -0.39 is 23.6 Å². The Kier molecular flexibility index (Phi) is 5.13. The van der Waals surface area contributed by atoms with Crippen molar-refractivity contribution in [1.82, 2.24) is 0 Å². The van der Waals surface area contributed by atoms with Gasteiger partial charge < -0.3 is 15.3 Å². The standard InChI is InChI=1S/C29H46O4/c1-17-9-12-29(24(32)33)14-13-27(5)18(19(29)15-17)7-8-22-26(4)16-20(30)23(31)25(2,3)21(26)10-11-28(22,27)6/h7,17,19-23,30-31H,8-16H2,1-6H3,(H,32,33). The van der Waals surface area contributed by atoms with Crippen LogP contribution in [0.5, 0.6) is 0 Å². The van der Waals surface area contributed by atoms with E-state index in [4.69, 9.17) is 0 Å². The number of carboxylic acid groups (broad SMARTS) is 1. The summed E-state index contributed by atoms with van der Waals surface area (Å²) < 4.78 is 0. The molecule has 10 atom stereocenters. The third kappa shape index (κ3) is 2.80. The van der Waals surface area contributed by atoms with Crippen LogP contribution in [0.4, 0.5) is 0 Å². The van der Waals surface area contributed by atoms with Crippen LogP contribution in [-0.4, -0.2) is 33.5 Å². The Bertz CT molecular complexity index is 877. The highest BCUT2D eigenvalue weighted by molar-refractivity contribution is 5.76. The average Bonchev–Trinajstić information content (AvgIpc) is 2.72. The molecule has 0 heterocycles. The summed E-state index contributed by atoms with van der Waals surface area (Å²) in [5.41, 5.74) is 0.653. The van der Waals surface area contributed by atoms with Crippen molar-refractivity contribution in [2.24, 2.45) is 50.7 Å². The van der Waals surface area contributed by atoms with Gasteiger partial charge in [-0.25, -0.2) is 0 Å². The summed E-state index contributed by atoms with van der Waals surface area (Å²) in [6.45, 7) is 14.0. The van der Waals surface area contributed by atoms with E-state index in [2.05, 4.69) is 47.6 Å². The topological polar surface area (TPSA) is 77.8 Å². The van der Waals surface area contributed by atoms with E-state index in [1.165, 1.54) is 5.57 Å². The van der Waals surface area contributed by atoms with Gasteiger partial charge in [0.2, 0.25) is 0 Å². The van der Waals surface area contributed by atoms with Crippen LogP contribution in [0.1, 0.15) is 99.3 Å². The third-order valence-electron chi connectivity index (χ3n) is 12.7. The van der Waals surface area contributed by atoms with Crippen LogP contribution in [0, 0.1) is 50.7 Å². The van der Waals surface area contributed by atoms with Crippen molar-refractivity contribution < 1.29 is 20.1 Å². The minimum atomic E-state index is -0.674. The van der Waals surface area contributed by atoms with Gasteiger partial charge in [-0.1, -0.05) is 53.2 Å². The van der Waals surface area contributed by atoms with Crippen molar-refractivity contribution in [3.05, 3.63) is 11.6 Å². The zero-order valence-electron chi connectivity index (χ0n) is 21.7. The van der Waals surface area contributed by atoms with Crippen molar-refractivity contribution in [2.75, 3.05) is 0 Å². The number of rotatable bonds is 1. The summed E-state index contributed by atoms with van der Waals surface area (Å²) in [5, 5.41) is 32.2. The quantitative estimate of drug-likeness (QED) is 0.433. The fourth-order valence-electron chi connectivity index (χ4n) is 10.6. The van der Waals surface area contributed by atoms with Gasteiger partial charge >= 0.3 is 5.97 Å². The van der Waals surface area contributed by atoms with Gasteiger partial charge in [0, 0.05) is 0 Å². The molecule has 0 aliphatic heterocycles. The number of aliphatic hydroxyl groups is 2. The average molecular weight is 459 g/mol. The van der Waals surface area contributed by atoms with Crippen molar-refractivity contribution in [2.45, 2.75) is 112 Å². The Morgan fingerprint density at radius 3 is 2.33 bits per heavy atom. The maximum Gasteiger partial charge on any atom is 0.310 e. The summed E-state index contributed by atoms with van der Waals surface area (Å²) >= 11 is 0. The Hall–Kier alpha value is -0.870. The largest absolute Gasteiger partial charge is 0.481 e. The first-order valence-corrected chi connectivity index (χ1v) is 13.5. The lowest BCUT2D eigenvalue weighted by atomic mass is 9.33. The Balaban J connectivity index is 1.60. The first-order valence-electron chi connectivity index (χ1n) is 13.5. The molecule has 5 rings (SSSR count). The lowest BCUT2D eigenvalue weighted by Crippen LogP contribution is -2.67. The highest BCUT2D eigenvalue weighted by Gasteiger charge is 2.69. The molecule has 5 aliphatic carbocycles. The number of fused-ring (bicyclic) bond motifs is 7. The zero-order valence-corrected chi connectivity index (χ0v) is 21.7. The Morgan fingerprint density at radius 1 is 0.970 bits per heavy atom. The molecule has 4 nitrogen and oxygen atoms in total. The molecule has 0 spiro atoms. The summed E-state index contributed by atoms with van der Waals surface area (Å²) in [6.07, 6.45) is 9.59. The second kappa shape index (κ2) is 7.09. The van der Waals surface area contributed by atoms with Gasteiger partial charge in [0.15, 0.2) is 0 Å². The van der Waals surface area contributed by atoms with Crippen molar-refractivity contribution >= 4 is 5.97 Å². The fourth-order valence-corrected chi connectivity index (χ4v) is 10.6. The van der Waals surface area contributed by atoms with Gasteiger partial charge in [-0.3, -0.25) is 4.79 Å². The van der Waals surface area contributed by atoms with Crippen LogP contribution in [0.2, 0.25) is 0 Å². The van der Waals surface area contributed by atoms with Crippen LogP contribution in [0.25, 0.3) is 0 Å². The fraction of sp³-hybridized carbons (Fsp3) is 0.897. The van der Waals surface area contributed by atoms with Crippen molar-refractivity contribution in [3.8, 4) is 0 Å². The number of aliphatic carboxylic acids is 1. The summed E-state index contributed by atoms with van der Waals surface area (Å²) in [7, 11) is 0. The van der Waals surface area contributed by atoms with Crippen molar-refractivity contribution in [1.29, 1.82) is 0 Å². The van der Waals surface area contributed by atoms with Crippen LogP contribution < -0.4 is 0 Å². The molecule has 4 heteroatoms. The van der Waals surface area contributed by atoms with E-state index in [0.29, 0.717) is 24.2 Å². The lowest BCUT2D eigenvalue weighted by molar-refractivity contribution is -0.231. The molecule has 4 fully saturated rings. The molecule has 0 bridgehead atoms. The smallest absolute Gasteiger partial charge is 0.310 e. The number of aliphatic hydroxyl groups excluding tert-OH is 2. The van der Waals surface area contributed by atoms with Gasteiger partial charge in [0.1, 0.15) is 0 Å². The Labute approximate surface area is 200 Å². The van der Waals surface area contributed by atoms with E-state index in [-0.39, 0.29) is 27.6 Å². The molecule has 10 unspecified atom stereocenters. The molecular weight excluding hydrogens is 412 g/mol. The predicted octanol–water partition coefficient (Wildman–Crippen LogP) is 5.81. The molecule has 0 aromatic heterocycles. The second-order valence-corrected chi connectivity index (χ2v) is 14.2. The van der Waals surface area contributed by atoms with Crippen LogP contribution in [-0.2, 0) is 4.79 Å². The molecular formula is C29H46O4. The monoisotopic (exact) mass is 458 g/mol. The zero-order chi connectivity index (χ0) is 24.2. The van der Waals surface area contributed by atoms with Crippen LogP contribution in [0.15, 0.2) is 11.6 Å². The van der Waals surface area contributed by atoms with E-state index >= 15 is 0 Å². The molecule has 0 radical (unpaired) electrons. The molecule has 3 N–H and O–H groups in total. The predicted molar refractivity (Wildman–Crippen MR) is 129 cm³/mol. The molecule has 33 heavy (non-hydrogen) atoms. The normalized spacial score (nSPS) is 55.3. The van der Waals surface area contributed by atoms with E-state index in [1.807, 2.05) is 0 Å². The van der Waals surface area contributed by atoms with Gasteiger partial charge in [0.25, 0.3) is 0 Å². The van der Waals surface area contributed by atoms with Gasteiger partial charge in [-0.15, -0.1) is 0 Å². The Morgan fingerprint density at radius 2 is 1.67 bits per heavy atom. The first kappa shape index (κ1) is 23.9. The number of carbonyl (C=O) groups is 1. The number of allylic oxidation sites excluding steroid dienone is 2.